The Balaban J connectivity index is -0.0000000793. The molecule has 122 valence electrons. The molecule has 0 saturated carbocycles. The molecular formula is C9H24Cl3O6P. The molecule has 0 aliphatic carbocycles. The molecule has 0 radical (unpaired) electrons. The second-order valence-corrected chi connectivity index (χ2v) is 4.74. The van der Waals surface area contributed by atoms with Crippen LogP contribution in [0.2, 0.25) is 0 Å². The maximum absolute atomic E-state index is 8.23. The topological polar surface area (TPSA) is 121 Å². The first-order valence-corrected chi connectivity index (χ1v) is 7.94. The van der Waals surface area contributed by atoms with E-state index in [-0.39, 0.29) is 18.3 Å². The van der Waals surface area contributed by atoms with Gasteiger partial charge in [0.1, 0.15) is 0 Å². The lowest BCUT2D eigenvalue weighted by molar-refractivity contribution is 0.218. The van der Waals surface area contributed by atoms with Crippen molar-refractivity contribution >= 4 is 43.4 Å². The molecule has 0 amide bonds. The smallest absolute Gasteiger partial charge is 0.324 e. The first kappa shape index (κ1) is 28.3. The number of alkyl halides is 3. The first-order valence-electron chi connectivity index (χ1n) is 5.13. The molecule has 3 unspecified atom stereocenters. The van der Waals surface area contributed by atoms with E-state index in [0.717, 1.165) is 0 Å². The number of aliphatic hydroxyl groups excluding tert-OH is 3. The monoisotopic (exact) mass is 364 g/mol. The zero-order valence-electron chi connectivity index (χ0n) is 11.1. The van der Waals surface area contributed by atoms with Crippen molar-refractivity contribution in [2.24, 2.45) is 0 Å². The minimum Gasteiger partial charge on any atom is -0.392 e. The van der Waals surface area contributed by atoms with Crippen LogP contribution in [0.4, 0.5) is 0 Å². The largest absolute Gasteiger partial charge is 0.392 e. The molecule has 0 saturated heterocycles. The van der Waals surface area contributed by atoms with Gasteiger partial charge in [0, 0.05) is 17.6 Å². The van der Waals surface area contributed by atoms with Gasteiger partial charge in [-0.05, 0) is 20.8 Å². The van der Waals surface area contributed by atoms with Crippen LogP contribution < -0.4 is 0 Å². The summed E-state index contributed by atoms with van der Waals surface area (Å²) in [6.07, 6.45) is -1.05. The molecule has 0 aliphatic rings. The summed E-state index contributed by atoms with van der Waals surface area (Å²) in [7, 11) is -2.62. The SMILES string of the molecule is CC(O)CCl.CC(O)CCl.CC(O)CCl.OP(O)O. The molecule has 0 aromatic heterocycles. The average molecular weight is 366 g/mol. The van der Waals surface area contributed by atoms with E-state index in [9.17, 15) is 0 Å². The van der Waals surface area contributed by atoms with Crippen LogP contribution in [0, 0.1) is 0 Å². The van der Waals surface area contributed by atoms with Gasteiger partial charge in [-0.15, -0.1) is 34.8 Å². The third-order valence-corrected chi connectivity index (χ3v) is 2.01. The molecule has 19 heavy (non-hydrogen) atoms. The van der Waals surface area contributed by atoms with Crippen molar-refractivity contribution in [1.82, 2.24) is 0 Å². The van der Waals surface area contributed by atoms with Gasteiger partial charge >= 0.3 is 8.60 Å². The van der Waals surface area contributed by atoms with Gasteiger partial charge < -0.3 is 30.0 Å². The summed E-state index contributed by atoms with van der Waals surface area (Å²) in [6.45, 7) is 4.94. The van der Waals surface area contributed by atoms with Crippen LogP contribution in [0.5, 0.6) is 0 Å². The maximum Gasteiger partial charge on any atom is 0.324 e. The Labute approximate surface area is 130 Å². The van der Waals surface area contributed by atoms with E-state index in [1.807, 2.05) is 0 Å². The Morgan fingerprint density at radius 3 is 0.737 bits per heavy atom. The molecule has 6 nitrogen and oxygen atoms in total. The lowest BCUT2D eigenvalue weighted by Gasteiger charge is -1.88. The zero-order chi connectivity index (χ0) is 16.4. The van der Waals surface area contributed by atoms with Crippen LogP contribution in [0.3, 0.4) is 0 Å². The highest BCUT2D eigenvalue weighted by Crippen LogP contribution is 2.11. The van der Waals surface area contributed by atoms with E-state index < -0.39 is 8.60 Å². The van der Waals surface area contributed by atoms with Gasteiger partial charge in [-0.1, -0.05) is 0 Å². The third kappa shape index (κ3) is 111. The summed E-state index contributed by atoms with van der Waals surface area (Å²) in [5, 5.41) is 24.7. The molecule has 0 aromatic rings. The molecule has 0 aliphatic heterocycles. The van der Waals surface area contributed by atoms with Gasteiger partial charge in [0.05, 0.1) is 18.3 Å². The van der Waals surface area contributed by atoms with E-state index in [1.165, 1.54) is 0 Å². The molecule has 10 heteroatoms. The first-order chi connectivity index (χ1) is 8.54. The molecule has 0 heterocycles. The van der Waals surface area contributed by atoms with E-state index in [1.54, 1.807) is 20.8 Å². The van der Waals surface area contributed by atoms with Crippen molar-refractivity contribution in [1.29, 1.82) is 0 Å². The van der Waals surface area contributed by atoms with Crippen molar-refractivity contribution in [3.8, 4) is 0 Å². The number of rotatable bonds is 3. The number of hydrogen-bond acceptors (Lipinski definition) is 6. The second-order valence-electron chi connectivity index (χ2n) is 3.28. The second kappa shape index (κ2) is 24.1. The Morgan fingerprint density at radius 1 is 0.684 bits per heavy atom. The Morgan fingerprint density at radius 2 is 0.737 bits per heavy atom. The van der Waals surface area contributed by atoms with Crippen LogP contribution >= 0.6 is 43.4 Å². The van der Waals surface area contributed by atoms with Gasteiger partial charge in [0.25, 0.3) is 0 Å². The van der Waals surface area contributed by atoms with E-state index in [2.05, 4.69) is 0 Å². The van der Waals surface area contributed by atoms with Gasteiger partial charge in [0.2, 0.25) is 0 Å². The van der Waals surface area contributed by atoms with Crippen LogP contribution in [0.15, 0.2) is 0 Å². The van der Waals surface area contributed by atoms with E-state index >= 15 is 0 Å². The number of halogens is 3. The summed E-state index contributed by atoms with van der Waals surface area (Å²) in [5.74, 6) is 1.00. The van der Waals surface area contributed by atoms with Gasteiger partial charge in [-0.3, -0.25) is 0 Å². The Bertz CT molecular complexity index is 119. The average Bonchev–Trinajstić information content (AvgIpc) is 2.29. The van der Waals surface area contributed by atoms with E-state index in [4.69, 9.17) is 64.8 Å². The van der Waals surface area contributed by atoms with Crippen molar-refractivity contribution < 1.29 is 30.0 Å². The molecule has 6 N–H and O–H groups in total. The highest BCUT2D eigenvalue weighted by atomic mass is 35.5. The standard InChI is InChI=1S/3C3H7ClO.H3O3P/c3*1-3(5)2-4;1-4(2)3/h3*3,5H,2H2,1H3;1-3H. The molecule has 0 aromatic carbocycles. The Kier molecular flexibility index (Phi) is 35.8. The third-order valence-electron chi connectivity index (χ3n) is 0.670. The molecule has 0 bridgehead atoms. The molecule has 0 rings (SSSR count). The fourth-order valence-corrected chi connectivity index (χ4v) is 0. The number of hydrogen-bond donors (Lipinski definition) is 6. The van der Waals surface area contributed by atoms with Crippen LogP contribution in [0.1, 0.15) is 20.8 Å². The minimum atomic E-state index is -2.62. The molecule has 0 fully saturated rings. The molecule has 3 atom stereocenters. The molecule has 0 spiro atoms. The highest BCUT2D eigenvalue weighted by Gasteiger charge is 1.84. The summed E-state index contributed by atoms with van der Waals surface area (Å²) < 4.78 is 0. The zero-order valence-corrected chi connectivity index (χ0v) is 14.3. The number of aliphatic hydroxyl groups is 3. The lowest BCUT2D eigenvalue weighted by atomic mass is 10.5. The summed E-state index contributed by atoms with van der Waals surface area (Å²) >= 11 is 15.3. The van der Waals surface area contributed by atoms with E-state index in [0.29, 0.717) is 17.6 Å². The van der Waals surface area contributed by atoms with Gasteiger partial charge in [-0.2, -0.15) is 0 Å². The van der Waals surface area contributed by atoms with Crippen LogP contribution in [-0.4, -0.2) is 66.0 Å². The fourth-order valence-electron chi connectivity index (χ4n) is 0. The summed E-state index contributed by atoms with van der Waals surface area (Å²) in [5.41, 5.74) is 0. The Hall–Kier alpha value is 1.06. The van der Waals surface area contributed by atoms with Crippen molar-refractivity contribution in [2.75, 3.05) is 17.6 Å². The van der Waals surface area contributed by atoms with Crippen molar-refractivity contribution in [3.05, 3.63) is 0 Å². The summed E-state index contributed by atoms with van der Waals surface area (Å²) in [4.78, 5) is 21.7. The maximum atomic E-state index is 8.23. The summed E-state index contributed by atoms with van der Waals surface area (Å²) in [6, 6.07) is 0. The quantitative estimate of drug-likeness (QED) is 0.328. The van der Waals surface area contributed by atoms with Crippen molar-refractivity contribution in [2.45, 2.75) is 39.1 Å². The predicted octanol–water partition coefficient (Wildman–Crippen LogP) is 1.01. The fraction of sp³-hybridized carbons (Fsp3) is 1.00. The lowest BCUT2D eigenvalue weighted by Crippen LogP contribution is -1.98. The van der Waals surface area contributed by atoms with Gasteiger partial charge in [0.15, 0.2) is 0 Å². The molecular weight excluding hydrogens is 341 g/mol. The highest BCUT2D eigenvalue weighted by molar-refractivity contribution is 7.38. The minimum absolute atomic E-state index is 0.333. The van der Waals surface area contributed by atoms with Crippen molar-refractivity contribution in [3.63, 3.8) is 0 Å². The normalized spacial score (nSPS) is 13.7. The van der Waals surface area contributed by atoms with Crippen LogP contribution in [-0.2, 0) is 0 Å². The predicted molar refractivity (Wildman–Crippen MR) is 80.8 cm³/mol. The van der Waals surface area contributed by atoms with Gasteiger partial charge in [-0.25, -0.2) is 0 Å². The van der Waals surface area contributed by atoms with Crippen LogP contribution in [0.25, 0.3) is 0 Å².